The predicted molar refractivity (Wildman–Crippen MR) is 172 cm³/mol. The molecule has 5 aromatic rings. The van der Waals surface area contributed by atoms with Crippen molar-refractivity contribution in [1.82, 2.24) is 34.4 Å². The number of aryl methyl sites for hydroxylation is 1. The Hall–Kier alpha value is -5.33. The van der Waals surface area contributed by atoms with Gasteiger partial charge < -0.3 is 24.4 Å². The molecule has 1 amide bonds. The number of likely N-dealkylation sites (tertiary alicyclic amines) is 1. The maximum absolute atomic E-state index is 12.5. The Morgan fingerprint density at radius 1 is 1.04 bits per heavy atom. The van der Waals surface area contributed by atoms with Gasteiger partial charge in [0.15, 0.2) is 11.5 Å². The molecule has 13 nitrogen and oxygen atoms in total. The molecule has 0 radical (unpaired) electrons. The summed E-state index contributed by atoms with van der Waals surface area (Å²) in [5, 5.41) is 12.3. The summed E-state index contributed by atoms with van der Waals surface area (Å²) in [4.78, 5) is 32.4. The molecule has 3 aromatic heterocycles. The highest BCUT2D eigenvalue weighted by Gasteiger charge is 2.42. The number of carbonyl (C=O) groups is 1. The number of aliphatic imine (C=N–C) groups is 1. The summed E-state index contributed by atoms with van der Waals surface area (Å²) >= 11 is 0. The molecule has 2 aliphatic heterocycles. The molecule has 2 aliphatic rings. The van der Waals surface area contributed by atoms with Crippen LogP contribution < -0.4 is 10.1 Å². The van der Waals surface area contributed by atoms with Crippen LogP contribution in [0.1, 0.15) is 44.7 Å². The van der Waals surface area contributed by atoms with Crippen molar-refractivity contribution >= 4 is 40.0 Å². The van der Waals surface area contributed by atoms with Crippen molar-refractivity contribution in [1.29, 1.82) is 0 Å². The molecule has 0 bridgehead atoms. The normalized spacial score (nSPS) is 16.0. The van der Waals surface area contributed by atoms with Crippen molar-refractivity contribution < 1.29 is 19.0 Å². The van der Waals surface area contributed by atoms with Crippen LogP contribution >= 0.6 is 0 Å². The van der Waals surface area contributed by atoms with Crippen molar-refractivity contribution in [2.24, 2.45) is 4.99 Å². The second-order valence-electron chi connectivity index (χ2n) is 12.7. The van der Waals surface area contributed by atoms with Gasteiger partial charge in [-0.25, -0.2) is 19.7 Å². The molecule has 5 heterocycles. The summed E-state index contributed by atoms with van der Waals surface area (Å²) in [7, 11) is 0. The van der Waals surface area contributed by atoms with Crippen molar-refractivity contribution in [3.8, 4) is 11.6 Å². The highest BCUT2D eigenvalue weighted by atomic mass is 16.6. The fraction of sp³-hybridized carbons (Fsp3) is 0.364. The van der Waals surface area contributed by atoms with Crippen LogP contribution in [-0.4, -0.2) is 77.3 Å². The molecule has 1 N–H and O–H groups in total. The monoisotopic (exact) mass is 621 g/mol. The molecule has 0 atom stereocenters. The first-order valence-corrected chi connectivity index (χ1v) is 15.3. The molecular formula is C33H35N9O4. The van der Waals surface area contributed by atoms with Crippen LogP contribution in [0.3, 0.4) is 0 Å². The maximum Gasteiger partial charge on any atom is 0.410 e. The highest BCUT2D eigenvalue weighted by molar-refractivity contribution is 5.92. The van der Waals surface area contributed by atoms with Gasteiger partial charge >= 0.3 is 6.09 Å². The second-order valence-corrected chi connectivity index (χ2v) is 12.7. The van der Waals surface area contributed by atoms with Gasteiger partial charge in [-0.3, -0.25) is 9.39 Å². The molecule has 13 heteroatoms. The van der Waals surface area contributed by atoms with E-state index in [0.717, 1.165) is 40.6 Å². The van der Waals surface area contributed by atoms with E-state index in [9.17, 15) is 4.79 Å². The van der Waals surface area contributed by atoms with E-state index in [1.54, 1.807) is 34.3 Å². The third-order valence-corrected chi connectivity index (χ3v) is 8.07. The van der Waals surface area contributed by atoms with Crippen LogP contribution in [-0.2, 0) is 15.9 Å². The lowest BCUT2D eigenvalue weighted by Crippen LogP contribution is -2.49. The average molecular weight is 622 g/mol. The van der Waals surface area contributed by atoms with Crippen molar-refractivity contribution in [3.05, 3.63) is 72.6 Å². The summed E-state index contributed by atoms with van der Waals surface area (Å²) in [5.74, 6) is 2.52. The van der Waals surface area contributed by atoms with Crippen LogP contribution in [0, 0.1) is 6.92 Å². The number of anilines is 2. The largest absolute Gasteiger partial charge is 0.472 e. The number of amides is 1. The third kappa shape index (κ3) is 6.25. The van der Waals surface area contributed by atoms with Gasteiger partial charge in [0.25, 0.3) is 0 Å². The summed E-state index contributed by atoms with van der Waals surface area (Å²) in [6, 6.07) is 13.7. The van der Waals surface area contributed by atoms with Crippen LogP contribution in [0.4, 0.5) is 16.3 Å². The topological polar surface area (TPSA) is 141 Å². The van der Waals surface area contributed by atoms with Gasteiger partial charge in [-0.15, -0.1) is 10.2 Å². The number of ether oxygens (including phenoxy) is 3. The molecule has 7 rings (SSSR count). The fourth-order valence-corrected chi connectivity index (χ4v) is 5.67. The van der Waals surface area contributed by atoms with Gasteiger partial charge in [-0.1, -0.05) is 6.07 Å². The Bertz CT molecular complexity index is 1960. The van der Waals surface area contributed by atoms with Crippen LogP contribution in [0.2, 0.25) is 0 Å². The molecule has 46 heavy (non-hydrogen) atoms. The Kier molecular flexibility index (Phi) is 7.38. The Labute approximate surface area is 265 Å². The number of rotatable bonds is 6. The van der Waals surface area contributed by atoms with Crippen LogP contribution in [0.25, 0.3) is 16.6 Å². The van der Waals surface area contributed by atoms with E-state index in [2.05, 4.69) is 36.5 Å². The van der Waals surface area contributed by atoms with E-state index in [1.807, 2.05) is 58.0 Å². The quantitative estimate of drug-likeness (QED) is 0.253. The molecule has 0 aliphatic carbocycles. The van der Waals surface area contributed by atoms with Crippen molar-refractivity contribution in [2.75, 3.05) is 25.0 Å². The molecule has 236 valence electrons. The van der Waals surface area contributed by atoms with Gasteiger partial charge in [-0.2, -0.15) is 0 Å². The van der Waals surface area contributed by atoms with Crippen molar-refractivity contribution in [3.63, 3.8) is 0 Å². The molecule has 0 saturated carbocycles. The minimum atomic E-state index is -0.515. The molecular weight excluding hydrogens is 586 g/mol. The Morgan fingerprint density at radius 3 is 2.70 bits per heavy atom. The van der Waals surface area contributed by atoms with Crippen molar-refractivity contribution in [2.45, 2.75) is 58.2 Å². The standard InChI is InChI=1S/C33H35N9O4/c1-21-13-23(6-8-26(21)44-28-16-27-40-38-20-42(27)19-37-28)39-30-24-14-22(5-7-25(24)35-18-36-30)15-29-34-17-33(45-29)9-11-41(12-10-33)31(43)46-32(2,3)4/h5-8,13-14,16,18-20H,9-12,15,17H2,1-4H3,(H,35,36,39). The van der Waals surface area contributed by atoms with E-state index in [0.29, 0.717) is 55.0 Å². The number of benzene rings is 2. The van der Waals surface area contributed by atoms with Gasteiger partial charge in [0.05, 0.1) is 12.1 Å². The number of nitrogens with zero attached hydrogens (tertiary/aromatic N) is 8. The summed E-state index contributed by atoms with van der Waals surface area (Å²) in [6.45, 7) is 9.38. The van der Waals surface area contributed by atoms with Gasteiger partial charge in [0.1, 0.15) is 41.8 Å². The average Bonchev–Trinajstić information content (AvgIpc) is 3.65. The Morgan fingerprint density at radius 2 is 1.89 bits per heavy atom. The Balaban J connectivity index is 1.01. The van der Waals surface area contributed by atoms with E-state index < -0.39 is 5.60 Å². The molecule has 2 aromatic carbocycles. The molecule has 0 unspecified atom stereocenters. The zero-order chi connectivity index (χ0) is 31.9. The number of carbonyl (C=O) groups excluding carboxylic acids is 1. The highest BCUT2D eigenvalue weighted by Crippen LogP contribution is 2.33. The number of hydrogen-bond acceptors (Lipinski definition) is 11. The molecule has 1 fully saturated rings. The number of piperidine rings is 1. The van der Waals surface area contributed by atoms with Gasteiger partial charge in [0, 0.05) is 49.5 Å². The molecule has 1 spiro atoms. The summed E-state index contributed by atoms with van der Waals surface area (Å²) < 4.78 is 19.7. The van der Waals surface area contributed by atoms with Gasteiger partial charge in [-0.05, 0) is 69.2 Å². The smallest absolute Gasteiger partial charge is 0.410 e. The lowest BCUT2D eigenvalue weighted by atomic mass is 9.92. The predicted octanol–water partition coefficient (Wildman–Crippen LogP) is 5.65. The van der Waals surface area contributed by atoms with Crippen LogP contribution in [0.5, 0.6) is 11.6 Å². The van der Waals surface area contributed by atoms with Crippen LogP contribution in [0.15, 0.2) is 66.4 Å². The SMILES string of the molecule is Cc1cc(Nc2ncnc3ccc(CC4=NCC5(CCN(C(=O)OC(C)(C)C)CC5)O4)cc23)ccc1Oc1cc2nncn2cn1. The third-order valence-electron chi connectivity index (χ3n) is 8.07. The lowest BCUT2D eigenvalue weighted by Gasteiger charge is -2.38. The van der Waals surface area contributed by atoms with E-state index in [1.165, 1.54) is 0 Å². The first-order chi connectivity index (χ1) is 22.1. The van der Waals surface area contributed by atoms with E-state index in [-0.39, 0.29) is 11.7 Å². The minimum Gasteiger partial charge on any atom is -0.472 e. The van der Waals surface area contributed by atoms with E-state index >= 15 is 0 Å². The lowest BCUT2D eigenvalue weighted by molar-refractivity contribution is -0.0115. The molecule has 1 saturated heterocycles. The maximum atomic E-state index is 12.5. The number of hydrogen-bond donors (Lipinski definition) is 1. The first kappa shape index (κ1) is 29.4. The second kappa shape index (κ2) is 11.5. The zero-order valence-electron chi connectivity index (χ0n) is 26.2. The number of aromatic nitrogens is 6. The number of fused-ring (bicyclic) bond motifs is 2. The minimum absolute atomic E-state index is 0.275. The number of nitrogens with one attached hydrogen (secondary N) is 1. The fourth-order valence-electron chi connectivity index (χ4n) is 5.67. The van der Waals surface area contributed by atoms with Gasteiger partial charge in [0.2, 0.25) is 5.88 Å². The zero-order valence-corrected chi connectivity index (χ0v) is 26.2. The summed E-state index contributed by atoms with van der Waals surface area (Å²) in [6.07, 6.45) is 6.48. The first-order valence-electron chi connectivity index (χ1n) is 15.3. The van der Waals surface area contributed by atoms with E-state index in [4.69, 9.17) is 19.2 Å². The summed E-state index contributed by atoms with van der Waals surface area (Å²) in [5.41, 5.74) is 3.43.